The monoisotopic (exact) mass is 228 g/mol. The lowest BCUT2D eigenvalue weighted by Crippen LogP contribution is -2.58. The number of nitrogens with one attached hydrogen (secondary N) is 2. The average molecular weight is 228 g/mol. The zero-order valence-electron chi connectivity index (χ0n) is 10.1. The van der Waals surface area contributed by atoms with Crippen LogP contribution in [0.25, 0.3) is 0 Å². The van der Waals surface area contributed by atoms with Gasteiger partial charge in [-0.15, -0.1) is 0 Å². The van der Waals surface area contributed by atoms with Crippen LogP contribution >= 0.6 is 0 Å². The maximum absolute atomic E-state index is 11.6. The van der Waals surface area contributed by atoms with Gasteiger partial charge in [-0.2, -0.15) is 0 Å². The highest BCUT2D eigenvalue weighted by Crippen LogP contribution is 2.35. The Morgan fingerprint density at radius 2 is 2.00 bits per heavy atom. The quantitative estimate of drug-likeness (QED) is 0.710. The number of hydrogen-bond acceptors (Lipinski definition) is 3. The van der Waals surface area contributed by atoms with Crippen LogP contribution in [0.3, 0.4) is 0 Å². The van der Waals surface area contributed by atoms with Gasteiger partial charge in [-0.05, 0) is 33.1 Å². The Hall–Kier alpha value is -1.26. The third kappa shape index (κ3) is 3.40. The molecule has 2 N–H and O–H groups in total. The van der Waals surface area contributed by atoms with E-state index < -0.39 is 0 Å². The van der Waals surface area contributed by atoms with Crippen LogP contribution in [0.4, 0.5) is 4.79 Å². The van der Waals surface area contributed by atoms with Gasteiger partial charge in [0, 0.05) is 6.04 Å². The van der Waals surface area contributed by atoms with Gasteiger partial charge < -0.3 is 15.4 Å². The molecule has 0 bridgehead atoms. The van der Waals surface area contributed by atoms with Crippen LogP contribution in [0.15, 0.2) is 0 Å². The first kappa shape index (κ1) is 12.8. The fourth-order valence-electron chi connectivity index (χ4n) is 1.84. The Kier molecular flexibility index (Phi) is 4.15. The first-order valence-corrected chi connectivity index (χ1v) is 5.63. The van der Waals surface area contributed by atoms with E-state index in [0.717, 1.165) is 19.3 Å². The van der Waals surface area contributed by atoms with Crippen LogP contribution < -0.4 is 10.6 Å². The minimum Gasteiger partial charge on any atom is -0.469 e. The van der Waals surface area contributed by atoms with Gasteiger partial charge in [-0.3, -0.25) is 4.79 Å². The largest absolute Gasteiger partial charge is 0.469 e. The molecule has 0 radical (unpaired) electrons. The zero-order valence-corrected chi connectivity index (χ0v) is 10.1. The van der Waals surface area contributed by atoms with Crippen molar-refractivity contribution >= 4 is 12.0 Å². The number of carbonyl (C=O) groups is 2. The van der Waals surface area contributed by atoms with E-state index in [1.54, 1.807) is 0 Å². The summed E-state index contributed by atoms with van der Waals surface area (Å²) in [5.41, 5.74) is -0.383. The molecule has 1 saturated carbocycles. The van der Waals surface area contributed by atoms with Crippen LogP contribution in [0.1, 0.15) is 39.5 Å². The van der Waals surface area contributed by atoms with Gasteiger partial charge >= 0.3 is 12.0 Å². The van der Waals surface area contributed by atoms with E-state index in [2.05, 4.69) is 15.4 Å². The first-order chi connectivity index (χ1) is 7.47. The number of carbonyl (C=O) groups excluding carboxylic acids is 2. The first-order valence-electron chi connectivity index (χ1n) is 5.63. The average Bonchev–Trinajstić information content (AvgIpc) is 2.12. The highest BCUT2D eigenvalue weighted by molar-refractivity contribution is 5.77. The number of amides is 2. The van der Waals surface area contributed by atoms with Crippen molar-refractivity contribution in [3.05, 3.63) is 0 Å². The van der Waals surface area contributed by atoms with Crippen molar-refractivity contribution in [2.24, 2.45) is 0 Å². The Bertz CT molecular complexity index is 272. The molecule has 5 nitrogen and oxygen atoms in total. The maximum Gasteiger partial charge on any atom is 0.315 e. The molecule has 0 spiro atoms. The molecule has 0 saturated heterocycles. The molecule has 0 heterocycles. The SMILES string of the molecule is COC(=O)CC1(NC(=O)NC(C)C)CCC1. The highest BCUT2D eigenvalue weighted by Gasteiger charge is 2.40. The van der Waals surface area contributed by atoms with Crippen LogP contribution in [-0.2, 0) is 9.53 Å². The predicted molar refractivity (Wildman–Crippen MR) is 60.0 cm³/mol. The van der Waals surface area contributed by atoms with Gasteiger partial charge in [-0.1, -0.05) is 0 Å². The van der Waals surface area contributed by atoms with Crippen LogP contribution in [0, 0.1) is 0 Å². The van der Waals surface area contributed by atoms with Crippen molar-refractivity contribution in [2.45, 2.75) is 51.1 Å². The third-order valence-corrected chi connectivity index (χ3v) is 2.82. The molecule has 0 atom stereocenters. The highest BCUT2D eigenvalue weighted by atomic mass is 16.5. The van der Waals surface area contributed by atoms with Gasteiger partial charge in [0.2, 0.25) is 0 Å². The minimum absolute atomic E-state index is 0.0928. The third-order valence-electron chi connectivity index (χ3n) is 2.82. The summed E-state index contributed by atoms with van der Waals surface area (Å²) in [7, 11) is 1.36. The summed E-state index contributed by atoms with van der Waals surface area (Å²) in [5.74, 6) is -0.274. The van der Waals surface area contributed by atoms with Crippen LogP contribution in [0.2, 0.25) is 0 Å². The fraction of sp³-hybridized carbons (Fsp3) is 0.818. The van der Waals surface area contributed by atoms with Gasteiger partial charge in [0.1, 0.15) is 0 Å². The summed E-state index contributed by atoms with van der Waals surface area (Å²) < 4.78 is 4.63. The summed E-state index contributed by atoms with van der Waals surface area (Å²) in [4.78, 5) is 22.8. The van der Waals surface area contributed by atoms with Crippen molar-refractivity contribution in [2.75, 3.05) is 7.11 Å². The van der Waals surface area contributed by atoms with E-state index in [1.807, 2.05) is 13.8 Å². The Labute approximate surface area is 95.9 Å². The molecular formula is C11H20N2O3. The maximum atomic E-state index is 11.6. The van der Waals surface area contributed by atoms with Crippen molar-refractivity contribution in [1.29, 1.82) is 0 Å². The molecule has 1 fully saturated rings. The summed E-state index contributed by atoms with van der Waals surface area (Å²) in [5, 5.41) is 5.63. The second-order valence-electron chi connectivity index (χ2n) is 4.64. The molecule has 0 unspecified atom stereocenters. The number of urea groups is 1. The van der Waals surface area contributed by atoms with Crippen molar-refractivity contribution in [3.8, 4) is 0 Å². The van der Waals surface area contributed by atoms with E-state index in [9.17, 15) is 9.59 Å². The summed E-state index contributed by atoms with van der Waals surface area (Å²) in [6.45, 7) is 3.79. The molecule has 0 aromatic carbocycles. The van der Waals surface area contributed by atoms with E-state index in [-0.39, 0.29) is 30.0 Å². The molecule has 16 heavy (non-hydrogen) atoms. The lowest BCUT2D eigenvalue weighted by Gasteiger charge is -2.41. The van der Waals surface area contributed by atoms with Crippen LogP contribution in [0.5, 0.6) is 0 Å². The van der Waals surface area contributed by atoms with E-state index in [0.29, 0.717) is 0 Å². The van der Waals surface area contributed by atoms with Gasteiger partial charge in [0.15, 0.2) is 0 Å². The standard InChI is InChI=1S/C11H20N2O3/c1-8(2)12-10(15)13-11(5-4-6-11)7-9(14)16-3/h8H,4-7H2,1-3H3,(H2,12,13,15). The topological polar surface area (TPSA) is 67.4 Å². The van der Waals surface area contributed by atoms with E-state index in [4.69, 9.17) is 0 Å². The number of hydrogen-bond donors (Lipinski definition) is 2. The molecule has 0 aromatic rings. The number of esters is 1. The Morgan fingerprint density at radius 1 is 1.38 bits per heavy atom. The molecule has 92 valence electrons. The smallest absolute Gasteiger partial charge is 0.315 e. The summed E-state index contributed by atoms with van der Waals surface area (Å²) in [6.07, 6.45) is 2.98. The molecule has 1 rings (SSSR count). The lowest BCUT2D eigenvalue weighted by molar-refractivity contribution is -0.143. The predicted octanol–water partition coefficient (Wildman–Crippen LogP) is 1.18. The molecule has 2 amide bonds. The van der Waals surface area contributed by atoms with Gasteiger partial charge in [0.25, 0.3) is 0 Å². The van der Waals surface area contributed by atoms with E-state index in [1.165, 1.54) is 7.11 Å². The zero-order chi connectivity index (χ0) is 12.2. The van der Waals surface area contributed by atoms with Crippen molar-refractivity contribution in [1.82, 2.24) is 10.6 Å². The Balaban J connectivity index is 2.47. The van der Waals surface area contributed by atoms with Crippen molar-refractivity contribution in [3.63, 3.8) is 0 Å². The summed E-state index contributed by atoms with van der Waals surface area (Å²) >= 11 is 0. The molecule has 0 aromatic heterocycles. The molecule has 1 aliphatic rings. The lowest BCUT2D eigenvalue weighted by atomic mass is 9.74. The molecule has 0 aliphatic heterocycles. The number of methoxy groups -OCH3 is 1. The fourth-order valence-corrected chi connectivity index (χ4v) is 1.84. The normalized spacial score (nSPS) is 17.5. The second-order valence-corrected chi connectivity index (χ2v) is 4.64. The van der Waals surface area contributed by atoms with E-state index >= 15 is 0 Å². The number of ether oxygens (including phenoxy) is 1. The molecular weight excluding hydrogens is 208 g/mol. The molecule has 5 heteroatoms. The van der Waals surface area contributed by atoms with Gasteiger partial charge in [-0.25, -0.2) is 4.79 Å². The Morgan fingerprint density at radius 3 is 2.38 bits per heavy atom. The van der Waals surface area contributed by atoms with Crippen molar-refractivity contribution < 1.29 is 14.3 Å². The van der Waals surface area contributed by atoms with Crippen LogP contribution in [-0.4, -0.2) is 30.7 Å². The van der Waals surface area contributed by atoms with Gasteiger partial charge in [0.05, 0.1) is 19.1 Å². The summed E-state index contributed by atoms with van der Waals surface area (Å²) in [6, 6.07) is -0.117. The number of rotatable bonds is 4. The molecule has 1 aliphatic carbocycles. The second kappa shape index (κ2) is 5.18. The minimum atomic E-state index is -0.383.